The van der Waals surface area contributed by atoms with E-state index in [4.69, 9.17) is 0 Å². The van der Waals surface area contributed by atoms with Gasteiger partial charge in [0.1, 0.15) is 0 Å². The maximum atomic E-state index is 4.55. The van der Waals surface area contributed by atoms with Gasteiger partial charge in [-0.05, 0) is 52.0 Å². The Hall–Kier alpha value is -1.03. The molecule has 0 spiro atoms. The first-order valence-corrected chi connectivity index (χ1v) is 8.67. The molecule has 1 saturated carbocycles. The third-order valence-corrected chi connectivity index (χ3v) is 5.52. The summed E-state index contributed by atoms with van der Waals surface area (Å²) in [6.45, 7) is 5.49. The lowest BCUT2D eigenvalue weighted by molar-refractivity contribution is 0.217. The molecule has 3 rings (SSSR count). The Morgan fingerprint density at radius 2 is 1.86 bits per heavy atom. The second-order valence-electron chi connectivity index (χ2n) is 6.92. The largest absolute Gasteiger partial charge is 0.379 e. The highest BCUT2D eigenvalue weighted by Gasteiger charge is 2.33. The monoisotopic (exact) mass is 290 g/mol. The third kappa shape index (κ3) is 3.10. The fourth-order valence-electron chi connectivity index (χ4n) is 4.23. The first kappa shape index (κ1) is 14.9. The minimum absolute atomic E-state index is 0.607. The minimum Gasteiger partial charge on any atom is -0.379 e. The summed E-state index contributed by atoms with van der Waals surface area (Å²) in [4.78, 5) is 0. The number of hydrogen-bond acceptors (Lipinski definition) is 3. The summed E-state index contributed by atoms with van der Waals surface area (Å²) in [5.41, 5.74) is 3.66. The highest BCUT2D eigenvalue weighted by atomic mass is 15.3. The second-order valence-corrected chi connectivity index (χ2v) is 6.92. The van der Waals surface area contributed by atoms with Gasteiger partial charge >= 0.3 is 0 Å². The van der Waals surface area contributed by atoms with E-state index in [-0.39, 0.29) is 0 Å². The fraction of sp³-hybridized carbons (Fsp3) is 0.824. The fourth-order valence-corrected chi connectivity index (χ4v) is 4.23. The van der Waals surface area contributed by atoms with E-state index in [1.807, 2.05) is 11.7 Å². The Morgan fingerprint density at radius 3 is 2.52 bits per heavy atom. The van der Waals surface area contributed by atoms with E-state index in [2.05, 4.69) is 29.6 Å². The molecule has 2 fully saturated rings. The number of rotatable bonds is 3. The Kier molecular flexibility index (Phi) is 4.53. The summed E-state index contributed by atoms with van der Waals surface area (Å²) in [5, 5.41) is 12.2. The van der Waals surface area contributed by atoms with Gasteiger partial charge in [0.25, 0.3) is 0 Å². The molecule has 1 aromatic heterocycles. The van der Waals surface area contributed by atoms with Crippen LogP contribution < -0.4 is 10.6 Å². The number of aromatic nitrogens is 2. The molecular formula is C17H30N4. The number of aryl methyl sites for hydroxylation is 2. The molecule has 3 unspecified atom stereocenters. The zero-order valence-electron chi connectivity index (χ0n) is 13.8. The summed E-state index contributed by atoms with van der Waals surface area (Å²) in [5.74, 6) is 0.776. The molecule has 0 radical (unpaired) electrons. The van der Waals surface area contributed by atoms with Crippen molar-refractivity contribution < 1.29 is 0 Å². The SMILES string of the molecule is Cc1nn(C)c(C)c1NC1CCCCC1C1CCCCN1. The summed E-state index contributed by atoms with van der Waals surface area (Å²) in [6.07, 6.45) is 9.53. The van der Waals surface area contributed by atoms with Crippen LogP contribution in [0.1, 0.15) is 56.3 Å². The predicted molar refractivity (Wildman–Crippen MR) is 87.7 cm³/mol. The normalized spacial score (nSPS) is 30.3. The first-order chi connectivity index (χ1) is 10.2. The quantitative estimate of drug-likeness (QED) is 0.898. The predicted octanol–water partition coefficient (Wildman–Crippen LogP) is 3.15. The van der Waals surface area contributed by atoms with Crippen LogP contribution in [-0.4, -0.2) is 28.4 Å². The molecule has 4 heteroatoms. The highest BCUT2D eigenvalue weighted by molar-refractivity contribution is 5.52. The molecule has 1 aliphatic carbocycles. The van der Waals surface area contributed by atoms with Gasteiger partial charge in [0.15, 0.2) is 0 Å². The van der Waals surface area contributed by atoms with E-state index in [1.165, 1.54) is 62.9 Å². The lowest BCUT2D eigenvalue weighted by Crippen LogP contribution is -2.48. The van der Waals surface area contributed by atoms with Crippen molar-refractivity contribution in [2.75, 3.05) is 11.9 Å². The van der Waals surface area contributed by atoms with Crippen LogP contribution in [0.25, 0.3) is 0 Å². The molecule has 21 heavy (non-hydrogen) atoms. The lowest BCUT2D eigenvalue weighted by Gasteiger charge is -2.40. The second kappa shape index (κ2) is 6.39. The topological polar surface area (TPSA) is 41.9 Å². The van der Waals surface area contributed by atoms with Crippen molar-refractivity contribution in [3.05, 3.63) is 11.4 Å². The average Bonchev–Trinajstić information content (AvgIpc) is 2.75. The van der Waals surface area contributed by atoms with Crippen molar-refractivity contribution in [1.82, 2.24) is 15.1 Å². The smallest absolute Gasteiger partial charge is 0.0827 e. The summed E-state index contributed by atoms with van der Waals surface area (Å²) in [6, 6.07) is 1.32. The van der Waals surface area contributed by atoms with E-state index in [9.17, 15) is 0 Å². The zero-order chi connectivity index (χ0) is 14.8. The van der Waals surface area contributed by atoms with Crippen LogP contribution in [0, 0.1) is 19.8 Å². The van der Waals surface area contributed by atoms with Crippen LogP contribution in [0.3, 0.4) is 0 Å². The van der Waals surface area contributed by atoms with Crippen molar-refractivity contribution in [2.45, 2.75) is 70.9 Å². The number of anilines is 1. The summed E-state index contributed by atoms with van der Waals surface area (Å²) >= 11 is 0. The van der Waals surface area contributed by atoms with Gasteiger partial charge in [0.05, 0.1) is 17.1 Å². The number of hydrogen-bond donors (Lipinski definition) is 2. The van der Waals surface area contributed by atoms with Crippen molar-refractivity contribution in [1.29, 1.82) is 0 Å². The standard InChI is InChI=1S/C17H30N4/c1-12-17(13(2)21(3)20-12)19-16-10-5-4-8-14(16)15-9-6-7-11-18-15/h14-16,18-19H,4-11H2,1-3H3. The van der Waals surface area contributed by atoms with Gasteiger partial charge in [-0.3, -0.25) is 4.68 Å². The van der Waals surface area contributed by atoms with E-state index in [0.717, 1.165) is 11.6 Å². The highest BCUT2D eigenvalue weighted by Crippen LogP contribution is 2.33. The van der Waals surface area contributed by atoms with Gasteiger partial charge < -0.3 is 10.6 Å². The number of nitrogens with one attached hydrogen (secondary N) is 2. The first-order valence-electron chi connectivity index (χ1n) is 8.67. The molecule has 0 bridgehead atoms. The van der Waals surface area contributed by atoms with Crippen LogP contribution in [-0.2, 0) is 7.05 Å². The van der Waals surface area contributed by atoms with Crippen LogP contribution in [0.15, 0.2) is 0 Å². The molecular weight excluding hydrogens is 260 g/mol. The molecule has 0 aromatic carbocycles. The van der Waals surface area contributed by atoms with E-state index < -0.39 is 0 Å². The van der Waals surface area contributed by atoms with Gasteiger partial charge in [0, 0.05) is 19.1 Å². The molecule has 2 N–H and O–H groups in total. The molecule has 1 aromatic rings. The van der Waals surface area contributed by atoms with E-state index in [1.54, 1.807) is 0 Å². The van der Waals surface area contributed by atoms with Gasteiger partial charge in [-0.1, -0.05) is 19.3 Å². The van der Waals surface area contributed by atoms with Crippen molar-refractivity contribution >= 4 is 5.69 Å². The summed E-state index contributed by atoms with van der Waals surface area (Å²) < 4.78 is 1.99. The minimum atomic E-state index is 0.607. The van der Waals surface area contributed by atoms with Crippen LogP contribution in [0.2, 0.25) is 0 Å². The van der Waals surface area contributed by atoms with Gasteiger partial charge in [-0.25, -0.2) is 0 Å². The summed E-state index contributed by atoms with van der Waals surface area (Å²) in [7, 11) is 2.04. The van der Waals surface area contributed by atoms with E-state index in [0.29, 0.717) is 12.1 Å². The molecule has 1 aliphatic heterocycles. The van der Waals surface area contributed by atoms with Crippen molar-refractivity contribution in [2.24, 2.45) is 13.0 Å². The Morgan fingerprint density at radius 1 is 1.10 bits per heavy atom. The average molecular weight is 290 g/mol. The van der Waals surface area contributed by atoms with E-state index >= 15 is 0 Å². The maximum Gasteiger partial charge on any atom is 0.0827 e. The number of piperidine rings is 1. The van der Waals surface area contributed by atoms with Crippen molar-refractivity contribution in [3.8, 4) is 0 Å². The zero-order valence-corrected chi connectivity index (χ0v) is 13.8. The Bertz CT molecular complexity index is 473. The molecule has 2 aliphatic rings. The lowest BCUT2D eigenvalue weighted by atomic mass is 9.77. The Balaban J connectivity index is 1.74. The van der Waals surface area contributed by atoms with Crippen LogP contribution in [0.5, 0.6) is 0 Å². The molecule has 2 heterocycles. The Labute approximate surface area is 128 Å². The molecule has 1 saturated heterocycles. The molecule has 4 nitrogen and oxygen atoms in total. The maximum absolute atomic E-state index is 4.55. The number of nitrogens with zero attached hydrogens (tertiary/aromatic N) is 2. The van der Waals surface area contributed by atoms with Crippen molar-refractivity contribution in [3.63, 3.8) is 0 Å². The molecule has 0 amide bonds. The molecule has 3 atom stereocenters. The molecule has 118 valence electrons. The third-order valence-electron chi connectivity index (χ3n) is 5.52. The van der Waals surface area contributed by atoms with Gasteiger partial charge in [-0.15, -0.1) is 0 Å². The van der Waals surface area contributed by atoms with Crippen LogP contribution >= 0.6 is 0 Å². The van der Waals surface area contributed by atoms with Crippen LogP contribution in [0.4, 0.5) is 5.69 Å². The van der Waals surface area contributed by atoms with Gasteiger partial charge in [-0.2, -0.15) is 5.10 Å². The van der Waals surface area contributed by atoms with Gasteiger partial charge in [0.2, 0.25) is 0 Å².